The first-order valence-corrected chi connectivity index (χ1v) is 6.30. The Kier molecular flexibility index (Phi) is 3.81. The van der Waals surface area contributed by atoms with Crippen LogP contribution in [0.1, 0.15) is 18.4 Å². The van der Waals surface area contributed by atoms with Gasteiger partial charge in [-0.25, -0.2) is 4.98 Å². The first kappa shape index (κ1) is 12.8. The van der Waals surface area contributed by atoms with Gasteiger partial charge in [-0.1, -0.05) is 0 Å². The lowest BCUT2D eigenvalue weighted by Crippen LogP contribution is -2.39. The number of likely N-dealkylation sites (N-methyl/N-ethyl adjacent to an activating group) is 1. The van der Waals surface area contributed by atoms with Gasteiger partial charge in [0.05, 0.1) is 5.56 Å². The summed E-state index contributed by atoms with van der Waals surface area (Å²) in [6.45, 7) is 2.00. The molecule has 1 aliphatic rings. The molecule has 1 aliphatic heterocycles. The Hall–Kier alpha value is -1.62. The minimum atomic E-state index is 0.0913. The van der Waals surface area contributed by atoms with E-state index in [-0.39, 0.29) is 5.84 Å². The molecule has 1 fully saturated rings. The molecule has 0 amide bonds. The average molecular weight is 247 g/mol. The molecule has 1 unspecified atom stereocenters. The third-order valence-corrected chi connectivity index (χ3v) is 3.30. The van der Waals surface area contributed by atoms with E-state index in [1.807, 2.05) is 12.1 Å². The fourth-order valence-electron chi connectivity index (χ4n) is 2.56. The van der Waals surface area contributed by atoms with E-state index in [0.717, 1.165) is 24.5 Å². The Morgan fingerprint density at radius 2 is 2.39 bits per heavy atom. The molecule has 0 aromatic carbocycles. The third kappa shape index (κ3) is 2.61. The van der Waals surface area contributed by atoms with Crippen LogP contribution in [0, 0.1) is 5.41 Å². The van der Waals surface area contributed by atoms with E-state index < -0.39 is 0 Å². The number of nitrogens with zero attached hydrogens (tertiary/aromatic N) is 3. The zero-order chi connectivity index (χ0) is 13.1. The van der Waals surface area contributed by atoms with Crippen molar-refractivity contribution >= 4 is 11.7 Å². The average Bonchev–Trinajstić information content (AvgIpc) is 2.76. The Morgan fingerprint density at radius 1 is 1.61 bits per heavy atom. The summed E-state index contributed by atoms with van der Waals surface area (Å²) in [6, 6.07) is 4.17. The van der Waals surface area contributed by atoms with Crippen LogP contribution in [0.2, 0.25) is 0 Å². The van der Waals surface area contributed by atoms with Gasteiger partial charge in [-0.05, 0) is 39.1 Å². The van der Waals surface area contributed by atoms with Crippen LogP contribution in [-0.4, -0.2) is 48.9 Å². The summed E-state index contributed by atoms with van der Waals surface area (Å²) < 4.78 is 0. The summed E-state index contributed by atoms with van der Waals surface area (Å²) in [5.74, 6) is 0.947. The summed E-state index contributed by atoms with van der Waals surface area (Å²) in [5.41, 5.74) is 6.37. The summed E-state index contributed by atoms with van der Waals surface area (Å²) in [5, 5.41) is 7.65. The van der Waals surface area contributed by atoms with Crippen molar-refractivity contribution in [3.8, 4) is 0 Å². The summed E-state index contributed by atoms with van der Waals surface area (Å²) in [7, 11) is 4.17. The highest BCUT2D eigenvalue weighted by molar-refractivity contribution is 5.99. The maximum Gasteiger partial charge on any atom is 0.139 e. The number of amidine groups is 1. The van der Waals surface area contributed by atoms with Gasteiger partial charge in [-0.15, -0.1) is 0 Å². The van der Waals surface area contributed by atoms with Gasteiger partial charge >= 0.3 is 0 Å². The first-order chi connectivity index (χ1) is 8.59. The molecule has 2 rings (SSSR count). The second-order valence-corrected chi connectivity index (χ2v) is 5.04. The number of pyridine rings is 1. The van der Waals surface area contributed by atoms with Gasteiger partial charge in [0.2, 0.25) is 0 Å². The maximum atomic E-state index is 7.65. The SMILES string of the molecule is CN(C)CC1CCCN1c1ncccc1C(=N)N. The van der Waals surface area contributed by atoms with E-state index in [9.17, 15) is 0 Å². The number of hydrogen-bond acceptors (Lipinski definition) is 4. The van der Waals surface area contributed by atoms with Crippen LogP contribution in [0.3, 0.4) is 0 Å². The summed E-state index contributed by atoms with van der Waals surface area (Å²) >= 11 is 0. The minimum Gasteiger partial charge on any atom is -0.384 e. The molecular formula is C13H21N5. The normalized spacial score (nSPS) is 19.5. The number of rotatable bonds is 4. The standard InChI is InChI=1S/C13H21N5/c1-17(2)9-10-5-4-8-18(10)13-11(12(14)15)6-3-7-16-13/h3,6-7,10H,4-5,8-9H2,1-2H3,(H3,14,15). The monoisotopic (exact) mass is 247 g/mol. The highest BCUT2D eigenvalue weighted by Gasteiger charge is 2.27. The van der Waals surface area contributed by atoms with Crippen LogP contribution < -0.4 is 10.6 Å². The number of aromatic nitrogens is 1. The number of hydrogen-bond donors (Lipinski definition) is 2. The number of nitrogens with two attached hydrogens (primary N) is 1. The quantitative estimate of drug-likeness (QED) is 0.612. The minimum absolute atomic E-state index is 0.0913. The molecule has 1 atom stereocenters. The van der Waals surface area contributed by atoms with E-state index in [1.165, 1.54) is 12.8 Å². The Balaban J connectivity index is 2.27. The van der Waals surface area contributed by atoms with Crippen molar-refractivity contribution in [2.45, 2.75) is 18.9 Å². The molecule has 1 saturated heterocycles. The van der Waals surface area contributed by atoms with Crippen LogP contribution in [0.15, 0.2) is 18.3 Å². The Labute approximate surface area is 108 Å². The van der Waals surface area contributed by atoms with Gasteiger partial charge in [0.1, 0.15) is 11.7 Å². The lowest BCUT2D eigenvalue weighted by atomic mass is 10.2. The van der Waals surface area contributed by atoms with E-state index in [4.69, 9.17) is 11.1 Å². The smallest absolute Gasteiger partial charge is 0.139 e. The first-order valence-electron chi connectivity index (χ1n) is 6.30. The molecular weight excluding hydrogens is 226 g/mol. The highest BCUT2D eigenvalue weighted by atomic mass is 15.3. The second-order valence-electron chi connectivity index (χ2n) is 5.04. The molecule has 98 valence electrons. The predicted octanol–water partition coefficient (Wildman–Crippen LogP) is 0.896. The topological polar surface area (TPSA) is 69.2 Å². The van der Waals surface area contributed by atoms with E-state index >= 15 is 0 Å². The van der Waals surface area contributed by atoms with Crippen molar-refractivity contribution in [1.29, 1.82) is 5.41 Å². The fraction of sp³-hybridized carbons (Fsp3) is 0.538. The van der Waals surface area contributed by atoms with Crippen molar-refractivity contribution in [1.82, 2.24) is 9.88 Å². The van der Waals surface area contributed by atoms with Crippen LogP contribution in [-0.2, 0) is 0 Å². The van der Waals surface area contributed by atoms with Gasteiger partial charge in [-0.2, -0.15) is 0 Å². The molecule has 0 saturated carbocycles. The van der Waals surface area contributed by atoms with Crippen LogP contribution in [0.4, 0.5) is 5.82 Å². The van der Waals surface area contributed by atoms with Crippen molar-refractivity contribution in [3.63, 3.8) is 0 Å². The van der Waals surface area contributed by atoms with Crippen LogP contribution >= 0.6 is 0 Å². The summed E-state index contributed by atoms with van der Waals surface area (Å²) in [6.07, 6.45) is 4.12. The molecule has 1 aromatic rings. The van der Waals surface area contributed by atoms with Gasteiger partial charge < -0.3 is 15.5 Å². The van der Waals surface area contributed by atoms with Crippen molar-refractivity contribution < 1.29 is 0 Å². The molecule has 0 bridgehead atoms. The van der Waals surface area contributed by atoms with Crippen molar-refractivity contribution in [2.75, 3.05) is 32.1 Å². The largest absolute Gasteiger partial charge is 0.384 e. The molecule has 3 N–H and O–H groups in total. The molecule has 2 heterocycles. The zero-order valence-corrected chi connectivity index (χ0v) is 11.1. The third-order valence-electron chi connectivity index (χ3n) is 3.30. The molecule has 18 heavy (non-hydrogen) atoms. The fourth-order valence-corrected chi connectivity index (χ4v) is 2.56. The summed E-state index contributed by atoms with van der Waals surface area (Å²) in [4.78, 5) is 8.91. The molecule has 0 spiro atoms. The van der Waals surface area contributed by atoms with Gasteiger partial charge in [0, 0.05) is 25.3 Å². The van der Waals surface area contributed by atoms with Crippen molar-refractivity contribution in [3.05, 3.63) is 23.9 Å². The van der Waals surface area contributed by atoms with Gasteiger partial charge in [0.15, 0.2) is 0 Å². The maximum absolute atomic E-state index is 7.65. The van der Waals surface area contributed by atoms with Gasteiger partial charge in [0.25, 0.3) is 0 Å². The molecule has 5 heteroatoms. The lowest BCUT2D eigenvalue weighted by molar-refractivity contribution is 0.371. The molecule has 5 nitrogen and oxygen atoms in total. The Bertz CT molecular complexity index is 429. The van der Waals surface area contributed by atoms with Gasteiger partial charge in [-0.3, -0.25) is 5.41 Å². The van der Waals surface area contributed by atoms with Crippen LogP contribution in [0.25, 0.3) is 0 Å². The van der Waals surface area contributed by atoms with Crippen molar-refractivity contribution in [2.24, 2.45) is 5.73 Å². The second kappa shape index (κ2) is 5.35. The van der Waals surface area contributed by atoms with E-state index in [0.29, 0.717) is 6.04 Å². The van der Waals surface area contributed by atoms with E-state index in [1.54, 1.807) is 6.20 Å². The highest BCUT2D eigenvalue weighted by Crippen LogP contribution is 2.26. The number of nitrogens with one attached hydrogen (secondary N) is 1. The molecule has 0 radical (unpaired) electrons. The number of anilines is 1. The number of nitrogen functional groups attached to an aromatic ring is 1. The van der Waals surface area contributed by atoms with E-state index in [2.05, 4.69) is 28.9 Å². The lowest BCUT2D eigenvalue weighted by Gasteiger charge is -2.29. The Morgan fingerprint density at radius 3 is 3.06 bits per heavy atom. The molecule has 0 aliphatic carbocycles. The molecule has 1 aromatic heterocycles. The predicted molar refractivity (Wildman–Crippen MR) is 74.2 cm³/mol. The van der Waals surface area contributed by atoms with Crippen LogP contribution in [0.5, 0.6) is 0 Å². The zero-order valence-electron chi connectivity index (χ0n) is 11.1.